The van der Waals surface area contributed by atoms with Gasteiger partial charge in [0, 0.05) is 25.1 Å². The predicted octanol–water partition coefficient (Wildman–Crippen LogP) is 7.93. The first kappa shape index (κ1) is 36.3. The summed E-state index contributed by atoms with van der Waals surface area (Å²) in [6, 6.07) is 26.3. The van der Waals surface area contributed by atoms with E-state index in [9.17, 15) is 0 Å². The lowest BCUT2D eigenvalue weighted by Gasteiger charge is -2.45. The Labute approximate surface area is 290 Å². The lowest BCUT2D eigenvalue weighted by Crippen LogP contribution is -2.67. The van der Waals surface area contributed by atoms with Gasteiger partial charge >= 0.3 is 0 Å². The number of nitrogens with zero attached hydrogens (tertiary/aromatic N) is 3. The Balaban J connectivity index is 1.19. The Kier molecular flexibility index (Phi) is 11.9. The Morgan fingerprint density at radius 3 is 2.08 bits per heavy atom. The summed E-state index contributed by atoms with van der Waals surface area (Å²) in [7, 11) is 1.60. The summed E-state index contributed by atoms with van der Waals surface area (Å²) < 4.78 is 19.4. The van der Waals surface area contributed by atoms with Crippen molar-refractivity contribution >= 4 is 29.7 Å². The number of hydrogen-bond donors (Lipinski definition) is 0. The van der Waals surface area contributed by atoms with Crippen LogP contribution in [0.25, 0.3) is 11.0 Å². The van der Waals surface area contributed by atoms with Crippen molar-refractivity contribution in [1.82, 2.24) is 15.0 Å². The van der Waals surface area contributed by atoms with Crippen molar-refractivity contribution in [3.63, 3.8) is 0 Å². The normalized spacial score (nSPS) is 15.4. The number of ether oxygens (including phenoxy) is 1. The van der Waals surface area contributed by atoms with E-state index in [2.05, 4.69) is 143 Å². The number of rotatable bonds is 15. The second-order valence-corrected chi connectivity index (χ2v) is 20.3. The molecule has 0 unspecified atom stereocenters. The summed E-state index contributed by atoms with van der Waals surface area (Å²) in [6.07, 6.45) is 5.52. The molecule has 260 valence electrons. The highest BCUT2D eigenvalue weighted by molar-refractivity contribution is 6.99. The third kappa shape index (κ3) is 8.42. The van der Waals surface area contributed by atoms with Crippen molar-refractivity contribution in [2.75, 3.05) is 46.9 Å². The first-order chi connectivity index (χ1) is 22.9. The summed E-state index contributed by atoms with van der Waals surface area (Å²) in [4.78, 5) is 4.83. The number of aryl methyl sites for hydroxylation is 1. The standard InChI is InChI=1S/C41H59N3O3Si/c1-9-28-45-38-23-21-35-37(42-47-39(35)36(38)29-43(7)8)22-20-32-24-26-44(27-25-32)30-41(5,6)31-46-48(40(2,3)4,33-16-12-10-13-17-33)34-18-14-11-15-19-34/h10-19,21,23,32H,9,20,22,24-31H2,1-8H3. The van der Waals surface area contributed by atoms with Crippen molar-refractivity contribution in [3.8, 4) is 5.75 Å². The summed E-state index contributed by atoms with van der Waals surface area (Å²) in [6.45, 7) is 19.5. The molecular formula is C41H59N3O3Si. The molecular weight excluding hydrogens is 611 g/mol. The van der Waals surface area contributed by atoms with Gasteiger partial charge in [-0.3, -0.25) is 0 Å². The maximum Gasteiger partial charge on any atom is 0.261 e. The van der Waals surface area contributed by atoms with Crippen LogP contribution in [0.1, 0.15) is 78.5 Å². The molecule has 7 heteroatoms. The fourth-order valence-corrected chi connectivity index (χ4v) is 12.3. The Hall–Kier alpha value is -2.97. The SMILES string of the molecule is CCCOc1ccc2c(CCC3CCN(CC(C)(C)CO[Si](c4ccccc4)(c4ccccc4)C(C)(C)C)CC3)noc2c1CN(C)C. The monoisotopic (exact) mass is 669 g/mol. The average molecular weight is 670 g/mol. The van der Waals surface area contributed by atoms with Crippen LogP contribution < -0.4 is 15.1 Å². The second kappa shape index (κ2) is 15.7. The van der Waals surface area contributed by atoms with Crippen LogP contribution >= 0.6 is 0 Å². The molecule has 2 heterocycles. The van der Waals surface area contributed by atoms with Gasteiger partial charge in [-0.25, -0.2) is 0 Å². The number of likely N-dealkylation sites (tertiary alicyclic amines) is 1. The van der Waals surface area contributed by atoms with Crippen LogP contribution in [0.4, 0.5) is 0 Å². The lowest BCUT2D eigenvalue weighted by molar-refractivity contribution is 0.0855. The molecule has 48 heavy (non-hydrogen) atoms. The number of aromatic nitrogens is 1. The average Bonchev–Trinajstić information content (AvgIpc) is 3.48. The smallest absolute Gasteiger partial charge is 0.261 e. The van der Waals surface area contributed by atoms with Gasteiger partial charge in [-0.2, -0.15) is 0 Å². The minimum Gasteiger partial charge on any atom is -0.493 e. The van der Waals surface area contributed by atoms with Gasteiger partial charge in [-0.15, -0.1) is 0 Å². The van der Waals surface area contributed by atoms with Crippen LogP contribution in [0.5, 0.6) is 5.75 Å². The van der Waals surface area contributed by atoms with E-state index in [1.807, 2.05) is 0 Å². The number of fused-ring (bicyclic) bond motifs is 1. The van der Waals surface area contributed by atoms with Gasteiger partial charge < -0.3 is 23.5 Å². The minimum absolute atomic E-state index is 0.0155. The molecule has 0 atom stereocenters. The van der Waals surface area contributed by atoms with Crippen LogP contribution in [0, 0.1) is 11.3 Å². The van der Waals surface area contributed by atoms with Gasteiger partial charge in [0.05, 0.1) is 17.9 Å². The Bertz CT molecular complexity index is 1530. The zero-order valence-electron chi connectivity index (χ0n) is 30.9. The van der Waals surface area contributed by atoms with Crippen LogP contribution in [-0.2, 0) is 17.4 Å². The van der Waals surface area contributed by atoms with E-state index in [-0.39, 0.29) is 10.5 Å². The fourth-order valence-electron chi connectivity index (χ4n) is 7.57. The highest BCUT2D eigenvalue weighted by Crippen LogP contribution is 2.38. The predicted molar refractivity (Wildman–Crippen MR) is 202 cm³/mol. The summed E-state index contributed by atoms with van der Waals surface area (Å²) in [5.74, 6) is 1.62. The van der Waals surface area contributed by atoms with Gasteiger partial charge in [-0.1, -0.05) is 107 Å². The van der Waals surface area contributed by atoms with Gasteiger partial charge in [-0.05, 0) is 98.2 Å². The van der Waals surface area contributed by atoms with E-state index < -0.39 is 8.32 Å². The van der Waals surface area contributed by atoms with Crippen LogP contribution in [0.15, 0.2) is 77.3 Å². The second-order valence-electron chi connectivity index (χ2n) is 16.0. The molecule has 0 aliphatic carbocycles. The van der Waals surface area contributed by atoms with Crippen LogP contribution in [0.2, 0.25) is 5.04 Å². The first-order valence-corrected chi connectivity index (χ1v) is 20.0. The molecule has 0 radical (unpaired) electrons. The molecule has 0 bridgehead atoms. The molecule has 1 aromatic heterocycles. The largest absolute Gasteiger partial charge is 0.493 e. The molecule has 3 aromatic carbocycles. The van der Waals surface area contributed by atoms with Crippen LogP contribution in [-0.4, -0.2) is 70.2 Å². The van der Waals surface area contributed by atoms with Gasteiger partial charge in [0.1, 0.15) is 5.75 Å². The fraction of sp³-hybridized carbons (Fsp3) is 0.537. The third-order valence-corrected chi connectivity index (χ3v) is 14.9. The molecule has 4 aromatic rings. The topological polar surface area (TPSA) is 51.0 Å². The summed E-state index contributed by atoms with van der Waals surface area (Å²) >= 11 is 0. The van der Waals surface area contributed by atoms with Crippen LogP contribution in [0.3, 0.4) is 0 Å². The van der Waals surface area contributed by atoms with Crippen molar-refractivity contribution in [2.24, 2.45) is 11.3 Å². The third-order valence-electron chi connectivity index (χ3n) is 9.96. The van der Waals surface area contributed by atoms with Gasteiger partial charge in [0.15, 0.2) is 5.58 Å². The molecule has 6 nitrogen and oxygen atoms in total. The highest BCUT2D eigenvalue weighted by Gasteiger charge is 2.50. The maximum atomic E-state index is 7.35. The van der Waals surface area contributed by atoms with E-state index >= 15 is 0 Å². The molecule has 5 rings (SSSR count). The van der Waals surface area contributed by atoms with Gasteiger partial charge in [0.2, 0.25) is 0 Å². The van der Waals surface area contributed by atoms with E-state index in [1.165, 1.54) is 23.2 Å². The quantitative estimate of drug-likeness (QED) is 0.120. The molecule has 0 amide bonds. The maximum absolute atomic E-state index is 7.35. The number of hydrogen-bond acceptors (Lipinski definition) is 6. The highest BCUT2D eigenvalue weighted by atomic mass is 28.4. The zero-order chi connectivity index (χ0) is 34.4. The molecule has 0 spiro atoms. The first-order valence-electron chi connectivity index (χ1n) is 18.1. The molecule has 1 saturated heterocycles. The molecule has 1 aliphatic rings. The summed E-state index contributed by atoms with van der Waals surface area (Å²) in [5, 5.41) is 8.38. The molecule has 1 aliphatic heterocycles. The van der Waals surface area contributed by atoms with Crippen molar-refractivity contribution in [2.45, 2.75) is 85.2 Å². The van der Waals surface area contributed by atoms with E-state index in [0.29, 0.717) is 12.5 Å². The minimum atomic E-state index is -2.56. The summed E-state index contributed by atoms with van der Waals surface area (Å²) in [5.41, 5.74) is 3.09. The van der Waals surface area contributed by atoms with Gasteiger partial charge in [0.25, 0.3) is 8.32 Å². The van der Waals surface area contributed by atoms with E-state index in [0.717, 1.165) is 80.0 Å². The van der Waals surface area contributed by atoms with Crippen molar-refractivity contribution in [3.05, 3.63) is 84.1 Å². The molecule has 0 N–H and O–H groups in total. The van der Waals surface area contributed by atoms with E-state index in [1.54, 1.807) is 0 Å². The lowest BCUT2D eigenvalue weighted by atomic mass is 9.88. The number of benzene rings is 3. The zero-order valence-corrected chi connectivity index (χ0v) is 31.9. The Morgan fingerprint density at radius 1 is 0.896 bits per heavy atom. The number of piperidine rings is 1. The van der Waals surface area contributed by atoms with E-state index in [4.69, 9.17) is 13.7 Å². The van der Waals surface area contributed by atoms with Crippen molar-refractivity contribution < 1.29 is 13.7 Å². The molecule has 0 saturated carbocycles. The molecule has 1 fully saturated rings. The Morgan fingerprint density at radius 2 is 1.52 bits per heavy atom. The van der Waals surface area contributed by atoms with Crippen molar-refractivity contribution in [1.29, 1.82) is 0 Å².